The van der Waals surface area contributed by atoms with E-state index in [1.807, 2.05) is 32.0 Å². The summed E-state index contributed by atoms with van der Waals surface area (Å²) in [6.07, 6.45) is 1.56. The lowest BCUT2D eigenvalue weighted by molar-refractivity contribution is -0.120. The van der Waals surface area contributed by atoms with E-state index < -0.39 is 5.54 Å². The molecule has 1 rings (SSSR count). The van der Waals surface area contributed by atoms with Crippen LogP contribution >= 0.6 is 15.9 Å². The quantitative estimate of drug-likeness (QED) is 0.897. The van der Waals surface area contributed by atoms with E-state index in [0.29, 0.717) is 6.42 Å². The van der Waals surface area contributed by atoms with Gasteiger partial charge in [0.2, 0.25) is 5.91 Å². The summed E-state index contributed by atoms with van der Waals surface area (Å²) in [6.45, 7) is 5.76. The predicted octanol–water partition coefficient (Wildman–Crippen LogP) is 3.21. The van der Waals surface area contributed by atoms with Crippen molar-refractivity contribution in [3.05, 3.63) is 28.2 Å². The number of amides is 1. The normalized spacial score (nSPS) is 14.2. The van der Waals surface area contributed by atoms with Crippen LogP contribution in [0.2, 0.25) is 0 Å². The van der Waals surface area contributed by atoms with E-state index in [1.165, 1.54) is 0 Å². The molecule has 0 aliphatic heterocycles. The van der Waals surface area contributed by atoms with E-state index >= 15 is 0 Å². The Balaban J connectivity index is 2.77. The van der Waals surface area contributed by atoms with Crippen LogP contribution in [-0.2, 0) is 4.79 Å². The zero-order valence-electron chi connectivity index (χ0n) is 10.5. The number of hydrogen-bond donors (Lipinski definition) is 2. The molecule has 0 bridgehead atoms. The number of aryl methyl sites for hydroxylation is 1. The molecule has 3 nitrogen and oxygen atoms in total. The maximum Gasteiger partial charge on any atom is 0.244 e. The van der Waals surface area contributed by atoms with Crippen molar-refractivity contribution in [2.24, 2.45) is 5.73 Å². The van der Waals surface area contributed by atoms with Gasteiger partial charge in [-0.05, 0) is 44.0 Å². The highest BCUT2D eigenvalue weighted by Gasteiger charge is 2.27. The molecule has 1 atom stereocenters. The minimum atomic E-state index is -0.810. The molecule has 0 aliphatic rings. The van der Waals surface area contributed by atoms with Crippen molar-refractivity contribution in [2.75, 3.05) is 5.32 Å². The van der Waals surface area contributed by atoms with Crippen molar-refractivity contribution >= 4 is 27.5 Å². The van der Waals surface area contributed by atoms with Crippen LogP contribution in [0.4, 0.5) is 5.69 Å². The molecule has 0 aromatic heterocycles. The van der Waals surface area contributed by atoms with Gasteiger partial charge < -0.3 is 11.1 Å². The fourth-order valence-electron chi connectivity index (χ4n) is 1.63. The summed E-state index contributed by atoms with van der Waals surface area (Å²) >= 11 is 3.42. The van der Waals surface area contributed by atoms with Crippen LogP contribution in [-0.4, -0.2) is 11.4 Å². The first kappa shape index (κ1) is 14.2. The highest BCUT2D eigenvalue weighted by Crippen LogP contribution is 2.21. The molecule has 1 aromatic carbocycles. The average molecular weight is 299 g/mol. The van der Waals surface area contributed by atoms with Crippen molar-refractivity contribution in [2.45, 2.75) is 39.2 Å². The third kappa shape index (κ3) is 3.82. The number of halogens is 1. The Morgan fingerprint density at radius 2 is 2.18 bits per heavy atom. The Kier molecular flexibility index (Phi) is 4.71. The van der Waals surface area contributed by atoms with Crippen LogP contribution in [0.15, 0.2) is 22.7 Å². The van der Waals surface area contributed by atoms with Crippen LogP contribution in [0.1, 0.15) is 32.3 Å². The van der Waals surface area contributed by atoms with Crippen LogP contribution in [0.5, 0.6) is 0 Å². The highest BCUT2D eigenvalue weighted by atomic mass is 79.9. The zero-order chi connectivity index (χ0) is 13.1. The lowest BCUT2D eigenvalue weighted by Gasteiger charge is -2.23. The van der Waals surface area contributed by atoms with Gasteiger partial charge in [-0.15, -0.1) is 0 Å². The number of carbonyl (C=O) groups excluding carboxylic acids is 1. The molecule has 1 aromatic rings. The molecular weight excluding hydrogens is 280 g/mol. The first-order valence-corrected chi connectivity index (χ1v) is 6.52. The van der Waals surface area contributed by atoms with E-state index in [-0.39, 0.29) is 5.91 Å². The number of hydrogen-bond acceptors (Lipinski definition) is 2. The summed E-state index contributed by atoms with van der Waals surface area (Å²) in [5.74, 6) is -0.138. The van der Waals surface area contributed by atoms with Crippen molar-refractivity contribution in [1.82, 2.24) is 0 Å². The van der Waals surface area contributed by atoms with Crippen molar-refractivity contribution in [1.29, 1.82) is 0 Å². The van der Waals surface area contributed by atoms with Gasteiger partial charge in [-0.3, -0.25) is 4.79 Å². The van der Waals surface area contributed by atoms with E-state index in [9.17, 15) is 4.79 Å². The van der Waals surface area contributed by atoms with Gasteiger partial charge in [-0.25, -0.2) is 0 Å². The molecule has 1 amide bonds. The summed E-state index contributed by atoms with van der Waals surface area (Å²) in [5, 5.41) is 2.85. The lowest BCUT2D eigenvalue weighted by Crippen LogP contribution is -2.48. The third-order valence-electron chi connectivity index (χ3n) is 2.70. The highest BCUT2D eigenvalue weighted by molar-refractivity contribution is 9.10. The average Bonchev–Trinajstić information content (AvgIpc) is 2.23. The monoisotopic (exact) mass is 298 g/mol. The van der Waals surface area contributed by atoms with Gasteiger partial charge in [0, 0.05) is 10.2 Å². The van der Waals surface area contributed by atoms with Gasteiger partial charge in [-0.1, -0.05) is 29.3 Å². The number of carbonyl (C=O) groups is 1. The predicted molar refractivity (Wildman–Crippen MR) is 75.0 cm³/mol. The molecule has 0 radical (unpaired) electrons. The molecule has 94 valence electrons. The Hall–Kier alpha value is -0.870. The molecule has 0 spiro atoms. The second kappa shape index (κ2) is 5.65. The Bertz CT molecular complexity index is 416. The van der Waals surface area contributed by atoms with E-state index in [0.717, 1.165) is 22.1 Å². The minimum absolute atomic E-state index is 0.138. The maximum absolute atomic E-state index is 12.0. The fourth-order valence-corrected chi connectivity index (χ4v) is 1.88. The number of anilines is 1. The molecule has 0 saturated carbocycles. The van der Waals surface area contributed by atoms with Gasteiger partial charge in [0.1, 0.15) is 0 Å². The number of nitrogens with one attached hydrogen (secondary N) is 1. The van der Waals surface area contributed by atoms with Gasteiger partial charge in [0.05, 0.1) is 5.54 Å². The number of rotatable bonds is 4. The molecule has 1 unspecified atom stereocenters. The first-order chi connectivity index (χ1) is 7.86. The topological polar surface area (TPSA) is 55.1 Å². The van der Waals surface area contributed by atoms with Crippen LogP contribution < -0.4 is 11.1 Å². The van der Waals surface area contributed by atoms with E-state index in [4.69, 9.17) is 5.73 Å². The summed E-state index contributed by atoms with van der Waals surface area (Å²) in [7, 11) is 0. The maximum atomic E-state index is 12.0. The molecule has 3 N–H and O–H groups in total. The largest absolute Gasteiger partial charge is 0.324 e. The molecule has 0 aliphatic carbocycles. The van der Waals surface area contributed by atoms with Gasteiger partial charge in [-0.2, -0.15) is 0 Å². The second-order valence-corrected chi connectivity index (χ2v) is 5.44. The molecule has 17 heavy (non-hydrogen) atoms. The van der Waals surface area contributed by atoms with Crippen LogP contribution in [0.3, 0.4) is 0 Å². The molecule has 0 heterocycles. The summed E-state index contributed by atoms with van der Waals surface area (Å²) in [4.78, 5) is 12.0. The molecular formula is C13H19BrN2O. The van der Waals surface area contributed by atoms with Crippen LogP contribution in [0.25, 0.3) is 0 Å². The van der Waals surface area contributed by atoms with E-state index in [2.05, 4.69) is 21.2 Å². The summed E-state index contributed by atoms with van der Waals surface area (Å²) < 4.78 is 1.03. The van der Waals surface area contributed by atoms with Gasteiger partial charge in [0.15, 0.2) is 0 Å². The standard InChI is InChI=1S/C13H19BrN2O/c1-4-7-13(3,15)12(17)16-10-5-6-11(14)9(2)8-10/h5-6,8H,4,7,15H2,1-3H3,(H,16,17). The zero-order valence-corrected chi connectivity index (χ0v) is 12.1. The molecule has 4 heteroatoms. The van der Waals surface area contributed by atoms with Crippen molar-refractivity contribution in [3.8, 4) is 0 Å². The molecule has 0 saturated heterocycles. The van der Waals surface area contributed by atoms with Crippen molar-refractivity contribution < 1.29 is 4.79 Å². The SMILES string of the molecule is CCCC(C)(N)C(=O)Nc1ccc(Br)c(C)c1. The van der Waals surface area contributed by atoms with E-state index in [1.54, 1.807) is 6.92 Å². The summed E-state index contributed by atoms with van der Waals surface area (Å²) in [6, 6.07) is 5.69. The smallest absolute Gasteiger partial charge is 0.244 e. The number of nitrogens with two attached hydrogens (primary N) is 1. The van der Waals surface area contributed by atoms with Crippen molar-refractivity contribution in [3.63, 3.8) is 0 Å². The van der Waals surface area contributed by atoms with Gasteiger partial charge >= 0.3 is 0 Å². The third-order valence-corrected chi connectivity index (χ3v) is 3.59. The first-order valence-electron chi connectivity index (χ1n) is 5.73. The Morgan fingerprint density at radius 3 is 2.71 bits per heavy atom. The Labute approximate surface area is 111 Å². The molecule has 0 fully saturated rings. The number of benzene rings is 1. The van der Waals surface area contributed by atoms with Gasteiger partial charge in [0.25, 0.3) is 0 Å². The van der Waals surface area contributed by atoms with Crippen LogP contribution in [0, 0.1) is 6.92 Å². The lowest BCUT2D eigenvalue weighted by atomic mass is 9.96. The second-order valence-electron chi connectivity index (χ2n) is 4.59. The fraction of sp³-hybridized carbons (Fsp3) is 0.462. The Morgan fingerprint density at radius 1 is 1.53 bits per heavy atom. The summed E-state index contributed by atoms with van der Waals surface area (Å²) in [5.41, 5.74) is 7.02. The minimum Gasteiger partial charge on any atom is -0.324 e.